The average Bonchev–Trinajstić information content (AvgIpc) is 2.78. The lowest BCUT2D eigenvalue weighted by molar-refractivity contribution is -0.139. The molecule has 0 saturated heterocycles. The molecule has 2 aromatic carbocycles. The molecule has 192 valence electrons. The second-order valence-electron chi connectivity index (χ2n) is 7.89. The second-order valence-corrected chi connectivity index (χ2v) is 7.89. The normalized spacial score (nSPS) is 11.5. The van der Waals surface area contributed by atoms with Gasteiger partial charge in [-0.05, 0) is 38.0 Å². The SMILES string of the molecule is Cc1c(-c2cccc(OCCCCC(=O)O)c2F)c(=O)[nH]c(=O)n1Cc1c(F)cccc1C(F)(F)F. The van der Waals surface area contributed by atoms with Gasteiger partial charge in [-0.3, -0.25) is 19.1 Å². The quantitative estimate of drug-likeness (QED) is 0.325. The van der Waals surface area contributed by atoms with Gasteiger partial charge in [0.05, 0.1) is 24.3 Å². The van der Waals surface area contributed by atoms with Crippen LogP contribution in [0, 0.1) is 18.6 Å². The number of ether oxygens (including phenoxy) is 1. The highest BCUT2D eigenvalue weighted by Gasteiger charge is 2.35. The number of alkyl halides is 3. The summed E-state index contributed by atoms with van der Waals surface area (Å²) < 4.78 is 76.0. The topological polar surface area (TPSA) is 101 Å². The number of nitrogens with one attached hydrogen (secondary N) is 1. The van der Waals surface area contributed by atoms with Crippen molar-refractivity contribution in [3.05, 3.63) is 85.7 Å². The molecule has 0 spiro atoms. The van der Waals surface area contributed by atoms with Crippen molar-refractivity contribution in [2.24, 2.45) is 0 Å². The first-order chi connectivity index (χ1) is 16.9. The zero-order chi connectivity index (χ0) is 26.6. The Labute approximate surface area is 200 Å². The number of hydrogen-bond acceptors (Lipinski definition) is 4. The van der Waals surface area contributed by atoms with Crippen molar-refractivity contribution in [2.75, 3.05) is 6.61 Å². The monoisotopic (exact) mass is 512 g/mol. The van der Waals surface area contributed by atoms with Crippen LogP contribution in [0.2, 0.25) is 0 Å². The second kappa shape index (κ2) is 10.8. The lowest BCUT2D eigenvalue weighted by atomic mass is 10.0. The van der Waals surface area contributed by atoms with E-state index in [-0.39, 0.29) is 35.6 Å². The number of aromatic amines is 1. The van der Waals surface area contributed by atoms with Gasteiger partial charge in [-0.25, -0.2) is 13.6 Å². The number of benzene rings is 2. The van der Waals surface area contributed by atoms with Crippen molar-refractivity contribution in [3.8, 4) is 16.9 Å². The molecule has 0 bridgehead atoms. The third kappa shape index (κ3) is 5.81. The first-order valence-electron chi connectivity index (χ1n) is 10.7. The van der Waals surface area contributed by atoms with Crippen LogP contribution in [0.1, 0.15) is 36.1 Å². The Morgan fingerprint density at radius 1 is 1.08 bits per heavy atom. The zero-order valence-electron chi connectivity index (χ0n) is 18.9. The van der Waals surface area contributed by atoms with Gasteiger partial charge >= 0.3 is 17.8 Å². The number of aliphatic carboxylic acids is 1. The van der Waals surface area contributed by atoms with E-state index >= 15 is 4.39 Å². The van der Waals surface area contributed by atoms with Gasteiger partial charge in [-0.1, -0.05) is 18.2 Å². The van der Waals surface area contributed by atoms with E-state index in [2.05, 4.69) is 0 Å². The van der Waals surface area contributed by atoms with Gasteiger partial charge in [0.2, 0.25) is 0 Å². The fourth-order valence-corrected chi connectivity index (χ4v) is 3.71. The van der Waals surface area contributed by atoms with Crippen LogP contribution in [0.15, 0.2) is 46.0 Å². The molecule has 7 nitrogen and oxygen atoms in total. The Kier molecular flexibility index (Phi) is 7.96. The van der Waals surface area contributed by atoms with Crippen molar-refractivity contribution in [1.29, 1.82) is 0 Å². The molecule has 3 aromatic rings. The molecular weight excluding hydrogens is 491 g/mol. The molecule has 0 amide bonds. The third-order valence-electron chi connectivity index (χ3n) is 5.48. The Hall–Kier alpha value is -3.96. The summed E-state index contributed by atoms with van der Waals surface area (Å²) >= 11 is 0. The number of rotatable bonds is 9. The molecule has 2 N–H and O–H groups in total. The molecule has 0 radical (unpaired) electrons. The standard InChI is InChI=1S/C24H21F5N2O5/c1-13-20(14-6-4-9-18(21(14)26)36-11-3-2-10-19(32)33)22(34)30-23(35)31(13)12-15-16(24(27,28)29)7-5-8-17(15)25/h4-9H,2-3,10-12H2,1H3,(H,32,33)(H,30,34,35). The van der Waals surface area contributed by atoms with Gasteiger partial charge in [0.1, 0.15) is 5.82 Å². The highest BCUT2D eigenvalue weighted by atomic mass is 19.4. The molecule has 3 rings (SSSR count). The van der Waals surface area contributed by atoms with Gasteiger partial charge < -0.3 is 9.84 Å². The minimum absolute atomic E-state index is 0.00397. The number of hydrogen-bond donors (Lipinski definition) is 2. The van der Waals surface area contributed by atoms with Gasteiger partial charge in [0, 0.05) is 23.2 Å². The zero-order valence-corrected chi connectivity index (χ0v) is 18.9. The van der Waals surface area contributed by atoms with Crippen molar-refractivity contribution < 1.29 is 36.6 Å². The highest BCUT2D eigenvalue weighted by molar-refractivity contribution is 5.67. The average molecular weight is 512 g/mol. The summed E-state index contributed by atoms with van der Waals surface area (Å²) in [5.41, 5.74) is -4.99. The van der Waals surface area contributed by atoms with E-state index < -0.39 is 52.7 Å². The molecule has 0 unspecified atom stereocenters. The summed E-state index contributed by atoms with van der Waals surface area (Å²) in [5, 5.41) is 8.66. The summed E-state index contributed by atoms with van der Waals surface area (Å²) in [4.78, 5) is 37.6. The van der Waals surface area contributed by atoms with E-state index in [1.165, 1.54) is 25.1 Å². The summed E-state index contributed by atoms with van der Waals surface area (Å²) in [7, 11) is 0. The van der Waals surface area contributed by atoms with E-state index in [0.29, 0.717) is 18.9 Å². The van der Waals surface area contributed by atoms with Gasteiger partial charge in [0.25, 0.3) is 5.56 Å². The van der Waals surface area contributed by atoms with Crippen molar-refractivity contribution in [3.63, 3.8) is 0 Å². The molecular formula is C24H21F5N2O5. The fourth-order valence-electron chi connectivity index (χ4n) is 3.71. The largest absolute Gasteiger partial charge is 0.490 e. The molecule has 1 aromatic heterocycles. The maximum absolute atomic E-state index is 15.2. The molecule has 12 heteroatoms. The number of unbranched alkanes of at least 4 members (excludes halogenated alkanes) is 1. The molecule has 36 heavy (non-hydrogen) atoms. The van der Waals surface area contributed by atoms with Gasteiger partial charge in [0.15, 0.2) is 11.6 Å². The maximum Gasteiger partial charge on any atom is 0.416 e. The minimum Gasteiger partial charge on any atom is -0.490 e. The van der Waals surface area contributed by atoms with Crippen LogP contribution >= 0.6 is 0 Å². The van der Waals surface area contributed by atoms with Crippen LogP contribution in [0.25, 0.3) is 11.1 Å². The maximum atomic E-state index is 15.2. The number of aromatic nitrogens is 2. The van der Waals surface area contributed by atoms with Crippen LogP contribution in [0.3, 0.4) is 0 Å². The summed E-state index contributed by atoms with van der Waals surface area (Å²) in [6, 6.07) is 6.25. The van der Waals surface area contributed by atoms with Crippen LogP contribution in [0.4, 0.5) is 22.0 Å². The number of halogens is 5. The van der Waals surface area contributed by atoms with Crippen molar-refractivity contribution in [2.45, 2.75) is 38.9 Å². The number of carbonyl (C=O) groups is 1. The Bertz CT molecular complexity index is 1400. The number of carboxylic acid groups (broad SMARTS) is 1. The lowest BCUT2D eigenvalue weighted by Crippen LogP contribution is -2.34. The van der Waals surface area contributed by atoms with E-state index in [0.717, 1.165) is 16.7 Å². The highest BCUT2D eigenvalue weighted by Crippen LogP contribution is 2.34. The fraction of sp³-hybridized carbons (Fsp3) is 0.292. The summed E-state index contributed by atoms with van der Waals surface area (Å²) in [5.74, 6) is -3.39. The molecule has 0 aliphatic heterocycles. The first-order valence-corrected chi connectivity index (χ1v) is 10.7. The molecule has 0 saturated carbocycles. The minimum atomic E-state index is -4.90. The number of H-pyrrole nitrogens is 1. The van der Waals surface area contributed by atoms with Gasteiger partial charge in [-0.2, -0.15) is 13.2 Å². The van der Waals surface area contributed by atoms with Crippen molar-refractivity contribution in [1.82, 2.24) is 9.55 Å². The first kappa shape index (κ1) is 26.6. The lowest BCUT2D eigenvalue weighted by Gasteiger charge is -2.18. The summed E-state index contributed by atoms with van der Waals surface area (Å²) in [6.45, 7) is 0.367. The van der Waals surface area contributed by atoms with E-state index in [1.807, 2.05) is 4.98 Å². The predicted molar refractivity (Wildman–Crippen MR) is 119 cm³/mol. The van der Waals surface area contributed by atoms with Crippen molar-refractivity contribution >= 4 is 5.97 Å². The van der Waals surface area contributed by atoms with Crippen LogP contribution in [-0.2, 0) is 17.5 Å². The number of nitrogens with zero attached hydrogens (tertiary/aromatic N) is 1. The third-order valence-corrected chi connectivity index (χ3v) is 5.48. The molecule has 0 atom stereocenters. The molecule has 1 heterocycles. The summed E-state index contributed by atoms with van der Waals surface area (Å²) in [6.07, 6.45) is -4.36. The predicted octanol–water partition coefficient (Wildman–Crippen LogP) is 4.49. The van der Waals surface area contributed by atoms with Crippen LogP contribution < -0.4 is 16.0 Å². The van der Waals surface area contributed by atoms with E-state index in [4.69, 9.17) is 9.84 Å². The molecule has 0 aliphatic rings. The molecule has 0 fully saturated rings. The smallest absolute Gasteiger partial charge is 0.416 e. The number of carboxylic acids is 1. The Balaban J connectivity index is 2.02. The molecule has 0 aliphatic carbocycles. The van der Waals surface area contributed by atoms with Crippen LogP contribution in [0.5, 0.6) is 5.75 Å². The Morgan fingerprint density at radius 2 is 1.78 bits per heavy atom. The van der Waals surface area contributed by atoms with E-state index in [9.17, 15) is 31.9 Å². The van der Waals surface area contributed by atoms with Gasteiger partial charge in [-0.15, -0.1) is 0 Å². The van der Waals surface area contributed by atoms with E-state index in [1.54, 1.807) is 0 Å². The Morgan fingerprint density at radius 3 is 2.44 bits per heavy atom. The van der Waals surface area contributed by atoms with Crippen LogP contribution in [-0.4, -0.2) is 27.2 Å².